The molecule has 0 saturated carbocycles. The first-order valence-corrected chi connectivity index (χ1v) is 7.12. The van der Waals surface area contributed by atoms with Gasteiger partial charge in [-0.2, -0.15) is 8.78 Å². The minimum atomic E-state index is -3.81. The fourth-order valence-corrected chi connectivity index (χ4v) is 2.24. The molecule has 0 aromatic heterocycles. The molecule has 0 spiro atoms. The Kier molecular flexibility index (Phi) is 5.57. The minimum Gasteiger partial charge on any atom is -0.345 e. The van der Waals surface area contributed by atoms with Crippen LogP contribution in [0, 0.1) is 0 Å². The molecular weight excluding hydrogens is 271 g/mol. The van der Waals surface area contributed by atoms with Crippen molar-refractivity contribution in [2.24, 2.45) is 0 Å². The molecule has 2 N–H and O–H groups in total. The van der Waals surface area contributed by atoms with E-state index in [1.807, 2.05) is 0 Å². The molecule has 0 saturated heterocycles. The van der Waals surface area contributed by atoms with E-state index in [9.17, 15) is 18.5 Å². The molecule has 0 aliphatic carbocycles. The van der Waals surface area contributed by atoms with Gasteiger partial charge in [0.1, 0.15) is 11.7 Å². The van der Waals surface area contributed by atoms with Crippen LogP contribution in [0.25, 0.3) is 0 Å². The quantitative estimate of drug-likeness (QED) is 0.594. The zero-order valence-corrected chi connectivity index (χ0v) is 10.5. The van der Waals surface area contributed by atoms with E-state index in [1.54, 1.807) is 0 Å². The number of hydrogen-bond acceptors (Lipinski definition) is 3. The number of nitrogens with one attached hydrogen (secondary N) is 1. The summed E-state index contributed by atoms with van der Waals surface area (Å²) in [6.07, 6.45) is -3.70. The lowest BCUT2D eigenvalue weighted by Gasteiger charge is -2.26. The molecule has 4 nitrogen and oxygen atoms in total. The number of halogens is 3. The second kappa shape index (κ2) is 5.50. The zero-order chi connectivity index (χ0) is 12.3. The highest BCUT2D eigenvalue weighted by Gasteiger charge is 2.38. The van der Waals surface area contributed by atoms with Crippen molar-refractivity contribution in [3.63, 3.8) is 0 Å². The molecule has 2 atom stereocenters. The van der Waals surface area contributed by atoms with Gasteiger partial charge in [0.25, 0.3) is 0 Å². The summed E-state index contributed by atoms with van der Waals surface area (Å²) in [6.45, 7) is -1.35. The van der Waals surface area contributed by atoms with Gasteiger partial charge in [-0.25, -0.2) is 0 Å². The predicted octanol–water partition coefficient (Wildman–Crippen LogP) is 1.62. The maximum atomic E-state index is 12.7. The van der Waals surface area contributed by atoms with Gasteiger partial charge in [0.05, 0.1) is 0 Å². The van der Waals surface area contributed by atoms with Crippen molar-refractivity contribution in [2.75, 3.05) is 5.88 Å². The van der Waals surface area contributed by atoms with Gasteiger partial charge in [0.2, 0.25) is 12.4 Å². The third-order valence-corrected chi connectivity index (χ3v) is 4.44. The van der Waals surface area contributed by atoms with Crippen LogP contribution in [0.5, 0.6) is 0 Å². The summed E-state index contributed by atoms with van der Waals surface area (Å²) in [7, 11) is 0. The second-order valence-corrected chi connectivity index (χ2v) is 6.73. The summed E-state index contributed by atoms with van der Waals surface area (Å²) in [6, 6.07) is 0. The first-order valence-electron chi connectivity index (χ1n) is 3.85. The molecule has 0 fully saturated rings. The third-order valence-electron chi connectivity index (χ3n) is 1.32. The Hall–Kier alpha value is 0.190. The lowest BCUT2D eigenvalue weighted by atomic mass is 10.6. The summed E-state index contributed by atoms with van der Waals surface area (Å²) in [5.74, 6) is -2.67. The molecule has 0 rings (SSSR count). The number of carbonyl (C=O) groups is 1. The molecule has 90 valence electrons. The number of amides is 1. The van der Waals surface area contributed by atoms with E-state index in [-0.39, 0.29) is 0 Å². The van der Waals surface area contributed by atoms with Crippen molar-refractivity contribution < 1.29 is 23.0 Å². The average Bonchev–Trinajstić information content (AvgIpc) is 2.01. The zero-order valence-electron chi connectivity index (χ0n) is 8.04. The Morgan fingerprint density at radius 2 is 2.27 bits per heavy atom. The first-order chi connectivity index (χ1) is 6.60. The van der Waals surface area contributed by atoms with Crippen LogP contribution in [0.2, 0.25) is 0 Å². The maximum absolute atomic E-state index is 12.7. The van der Waals surface area contributed by atoms with Crippen molar-refractivity contribution in [1.82, 2.24) is 5.32 Å². The maximum Gasteiger partial charge on any atom is 0.374 e. The summed E-state index contributed by atoms with van der Waals surface area (Å²) in [5, 5.41) is 2.18. The van der Waals surface area contributed by atoms with Crippen LogP contribution in [-0.2, 0) is 21.1 Å². The Bertz CT molecular complexity index is 292. The van der Waals surface area contributed by atoms with E-state index >= 15 is 0 Å². The van der Waals surface area contributed by atoms with E-state index in [4.69, 9.17) is 11.6 Å². The van der Waals surface area contributed by atoms with Gasteiger partial charge in [-0.15, -0.1) is 11.6 Å². The number of hydrogen-bond donors (Lipinski definition) is 2. The van der Waals surface area contributed by atoms with Crippen molar-refractivity contribution in [3.05, 3.63) is 0 Å². The van der Waals surface area contributed by atoms with Gasteiger partial charge in [-0.3, -0.25) is 9.32 Å². The summed E-state index contributed by atoms with van der Waals surface area (Å²) < 4.78 is 29.4. The van der Waals surface area contributed by atoms with Crippen LogP contribution in [0.4, 0.5) is 8.78 Å². The highest BCUT2D eigenvalue weighted by molar-refractivity contribution is 8.09. The molecular formula is C6H11ClF2NO3PS. The van der Waals surface area contributed by atoms with Crippen LogP contribution < -0.4 is 5.32 Å². The number of carbonyl (C=O) groups excluding carboxylic acids is 1. The summed E-state index contributed by atoms with van der Waals surface area (Å²) in [4.78, 5) is 20.1. The fourth-order valence-electron chi connectivity index (χ4n) is 0.671. The van der Waals surface area contributed by atoms with E-state index in [0.717, 1.165) is 0 Å². The third kappa shape index (κ3) is 5.73. The van der Waals surface area contributed by atoms with Gasteiger partial charge < -0.3 is 10.2 Å². The molecule has 2 unspecified atom stereocenters. The monoisotopic (exact) mass is 281 g/mol. The molecule has 0 aliphatic rings. The molecule has 15 heavy (non-hydrogen) atoms. The molecule has 9 heteroatoms. The Morgan fingerprint density at radius 3 is 2.60 bits per heavy atom. The van der Waals surface area contributed by atoms with Gasteiger partial charge in [0, 0.05) is 6.92 Å². The average molecular weight is 282 g/mol. The summed E-state index contributed by atoms with van der Waals surface area (Å²) >= 11 is 9.40. The highest BCUT2D eigenvalue weighted by atomic mass is 35.5. The standard InChI is InChI=1S/C6H11ClF2NO3PS/c1-4(11)10-5(2)14(12,15)13-6(8,9)3-7/h5H,3H2,1-2H3,(H,10,11)(H,12,15). The molecule has 0 heterocycles. The van der Waals surface area contributed by atoms with E-state index in [2.05, 4.69) is 21.6 Å². The first kappa shape index (κ1) is 15.2. The van der Waals surface area contributed by atoms with Crippen molar-refractivity contribution in [2.45, 2.75) is 25.7 Å². The van der Waals surface area contributed by atoms with Crippen molar-refractivity contribution >= 4 is 35.8 Å². The van der Waals surface area contributed by atoms with E-state index < -0.39 is 30.2 Å². The van der Waals surface area contributed by atoms with Crippen LogP contribution in [-0.4, -0.2) is 28.6 Å². The van der Waals surface area contributed by atoms with Crippen LogP contribution in [0.1, 0.15) is 13.8 Å². The van der Waals surface area contributed by atoms with Crippen LogP contribution in [0.15, 0.2) is 0 Å². The largest absolute Gasteiger partial charge is 0.374 e. The minimum absolute atomic E-state index is 0.497. The lowest BCUT2D eigenvalue weighted by molar-refractivity contribution is -0.156. The van der Waals surface area contributed by atoms with E-state index in [0.29, 0.717) is 0 Å². The fraction of sp³-hybridized carbons (Fsp3) is 0.833. The molecule has 0 aromatic rings. The highest BCUT2D eigenvalue weighted by Crippen LogP contribution is 2.51. The number of alkyl halides is 3. The SMILES string of the molecule is CC(=O)NC(C)P(O)(=S)OC(F)(F)CCl. The lowest BCUT2D eigenvalue weighted by Crippen LogP contribution is -2.33. The number of rotatable bonds is 5. The van der Waals surface area contributed by atoms with Crippen LogP contribution >= 0.6 is 18.1 Å². The van der Waals surface area contributed by atoms with Crippen molar-refractivity contribution in [3.8, 4) is 0 Å². The molecule has 1 amide bonds. The molecule has 0 radical (unpaired) electrons. The van der Waals surface area contributed by atoms with Gasteiger partial charge in [0.15, 0.2) is 0 Å². The van der Waals surface area contributed by atoms with Crippen LogP contribution in [0.3, 0.4) is 0 Å². The Balaban J connectivity index is 4.54. The second-order valence-electron chi connectivity index (χ2n) is 2.80. The molecule has 0 aliphatic heterocycles. The predicted molar refractivity (Wildman–Crippen MR) is 56.5 cm³/mol. The van der Waals surface area contributed by atoms with Gasteiger partial charge in [-0.1, -0.05) is 0 Å². The normalized spacial score (nSPS) is 18.0. The van der Waals surface area contributed by atoms with E-state index in [1.165, 1.54) is 13.8 Å². The van der Waals surface area contributed by atoms with Crippen molar-refractivity contribution in [1.29, 1.82) is 0 Å². The summed E-state index contributed by atoms with van der Waals surface area (Å²) in [5.41, 5.74) is 0. The van der Waals surface area contributed by atoms with Gasteiger partial charge in [-0.05, 0) is 18.7 Å². The molecule has 0 aromatic carbocycles. The Labute approximate surface area is 96.1 Å². The Morgan fingerprint density at radius 1 is 1.80 bits per heavy atom. The topological polar surface area (TPSA) is 58.6 Å². The van der Waals surface area contributed by atoms with Gasteiger partial charge >= 0.3 is 6.11 Å². The smallest absolute Gasteiger partial charge is 0.345 e. The molecule has 0 bridgehead atoms.